The Morgan fingerprint density at radius 1 is 1.06 bits per heavy atom. The van der Waals surface area contributed by atoms with Crippen molar-refractivity contribution < 1.29 is 9.47 Å². The standard InChI is InChI=1S/C13H21NO2/c1-4-8-15-11-6-7-13(16-9-5-2)12(10-11)14-3/h6-7,10,14H,4-5,8-9H2,1-3H3. The van der Waals surface area contributed by atoms with E-state index in [-0.39, 0.29) is 0 Å². The van der Waals surface area contributed by atoms with Crippen LogP contribution in [0.2, 0.25) is 0 Å². The lowest BCUT2D eigenvalue weighted by Gasteiger charge is -2.12. The normalized spacial score (nSPS) is 9.94. The highest BCUT2D eigenvalue weighted by Crippen LogP contribution is 2.29. The molecule has 1 aromatic rings. The topological polar surface area (TPSA) is 30.5 Å². The van der Waals surface area contributed by atoms with Gasteiger partial charge in [-0.25, -0.2) is 0 Å². The van der Waals surface area contributed by atoms with Crippen LogP contribution in [0.25, 0.3) is 0 Å². The molecular weight excluding hydrogens is 202 g/mol. The second-order valence-corrected chi connectivity index (χ2v) is 3.60. The van der Waals surface area contributed by atoms with Gasteiger partial charge in [-0.3, -0.25) is 0 Å². The summed E-state index contributed by atoms with van der Waals surface area (Å²) in [5.74, 6) is 1.77. The Labute approximate surface area is 97.8 Å². The van der Waals surface area contributed by atoms with Crippen molar-refractivity contribution in [3.05, 3.63) is 18.2 Å². The van der Waals surface area contributed by atoms with Crippen molar-refractivity contribution in [2.45, 2.75) is 26.7 Å². The number of nitrogens with one attached hydrogen (secondary N) is 1. The number of hydrogen-bond donors (Lipinski definition) is 1. The summed E-state index contributed by atoms with van der Waals surface area (Å²) in [7, 11) is 1.89. The van der Waals surface area contributed by atoms with Gasteiger partial charge >= 0.3 is 0 Å². The minimum Gasteiger partial charge on any atom is -0.494 e. The van der Waals surface area contributed by atoms with Gasteiger partial charge in [-0.1, -0.05) is 13.8 Å². The van der Waals surface area contributed by atoms with E-state index in [2.05, 4.69) is 19.2 Å². The molecule has 0 fully saturated rings. The molecule has 3 nitrogen and oxygen atoms in total. The van der Waals surface area contributed by atoms with E-state index in [4.69, 9.17) is 9.47 Å². The van der Waals surface area contributed by atoms with E-state index in [0.29, 0.717) is 0 Å². The smallest absolute Gasteiger partial charge is 0.142 e. The van der Waals surface area contributed by atoms with E-state index in [0.717, 1.165) is 43.2 Å². The number of anilines is 1. The Bertz CT molecular complexity index is 313. The summed E-state index contributed by atoms with van der Waals surface area (Å²) in [4.78, 5) is 0. The first-order chi connectivity index (χ1) is 7.81. The largest absolute Gasteiger partial charge is 0.494 e. The molecule has 0 saturated heterocycles. The van der Waals surface area contributed by atoms with Crippen LogP contribution in [-0.2, 0) is 0 Å². The van der Waals surface area contributed by atoms with E-state index in [9.17, 15) is 0 Å². The molecular formula is C13H21NO2. The van der Waals surface area contributed by atoms with Crippen LogP contribution >= 0.6 is 0 Å². The summed E-state index contributed by atoms with van der Waals surface area (Å²) in [6, 6.07) is 5.87. The van der Waals surface area contributed by atoms with Gasteiger partial charge in [-0.05, 0) is 25.0 Å². The van der Waals surface area contributed by atoms with Gasteiger partial charge in [-0.15, -0.1) is 0 Å². The molecule has 0 aromatic heterocycles. The minimum atomic E-state index is 0.740. The molecule has 0 aliphatic rings. The molecule has 0 spiro atoms. The van der Waals surface area contributed by atoms with Crippen LogP contribution in [0.4, 0.5) is 5.69 Å². The number of ether oxygens (including phenoxy) is 2. The Hall–Kier alpha value is -1.38. The molecule has 3 heteroatoms. The van der Waals surface area contributed by atoms with Gasteiger partial charge in [0.05, 0.1) is 18.9 Å². The highest BCUT2D eigenvalue weighted by Gasteiger charge is 2.04. The third-order valence-electron chi connectivity index (χ3n) is 2.15. The fraction of sp³-hybridized carbons (Fsp3) is 0.538. The lowest BCUT2D eigenvalue weighted by Crippen LogP contribution is -2.01. The fourth-order valence-corrected chi connectivity index (χ4v) is 1.35. The van der Waals surface area contributed by atoms with Gasteiger partial charge in [0.25, 0.3) is 0 Å². The molecule has 90 valence electrons. The average Bonchev–Trinajstić information content (AvgIpc) is 2.34. The van der Waals surface area contributed by atoms with Crippen LogP contribution in [0, 0.1) is 0 Å². The summed E-state index contributed by atoms with van der Waals surface area (Å²) in [5, 5.41) is 3.12. The van der Waals surface area contributed by atoms with Crippen molar-refractivity contribution in [1.82, 2.24) is 0 Å². The average molecular weight is 223 g/mol. The third kappa shape index (κ3) is 3.65. The number of hydrogen-bond acceptors (Lipinski definition) is 3. The number of rotatable bonds is 7. The van der Waals surface area contributed by atoms with Crippen LogP contribution in [0.3, 0.4) is 0 Å². The monoisotopic (exact) mass is 223 g/mol. The van der Waals surface area contributed by atoms with Gasteiger partial charge in [0.1, 0.15) is 11.5 Å². The highest BCUT2D eigenvalue weighted by molar-refractivity contribution is 5.59. The number of benzene rings is 1. The van der Waals surface area contributed by atoms with Crippen molar-refractivity contribution in [3.8, 4) is 11.5 Å². The molecule has 0 bridgehead atoms. The lowest BCUT2D eigenvalue weighted by molar-refractivity contribution is 0.310. The quantitative estimate of drug-likeness (QED) is 0.769. The predicted octanol–water partition coefficient (Wildman–Crippen LogP) is 3.31. The van der Waals surface area contributed by atoms with Gasteiger partial charge in [0.15, 0.2) is 0 Å². The zero-order valence-electron chi connectivity index (χ0n) is 10.4. The van der Waals surface area contributed by atoms with Crippen molar-refractivity contribution in [1.29, 1.82) is 0 Å². The zero-order valence-corrected chi connectivity index (χ0v) is 10.4. The van der Waals surface area contributed by atoms with Crippen LogP contribution in [-0.4, -0.2) is 20.3 Å². The van der Waals surface area contributed by atoms with Gasteiger partial charge in [-0.2, -0.15) is 0 Å². The first-order valence-electron chi connectivity index (χ1n) is 5.89. The maximum Gasteiger partial charge on any atom is 0.142 e. The minimum absolute atomic E-state index is 0.740. The molecule has 1 aromatic carbocycles. The SMILES string of the molecule is CCCOc1ccc(OCCC)c(NC)c1. The zero-order chi connectivity index (χ0) is 11.8. The Morgan fingerprint density at radius 2 is 1.75 bits per heavy atom. The Morgan fingerprint density at radius 3 is 2.38 bits per heavy atom. The van der Waals surface area contributed by atoms with E-state index in [1.807, 2.05) is 25.2 Å². The van der Waals surface area contributed by atoms with Crippen molar-refractivity contribution in [2.24, 2.45) is 0 Å². The first kappa shape index (κ1) is 12.7. The molecule has 16 heavy (non-hydrogen) atoms. The summed E-state index contributed by atoms with van der Waals surface area (Å²) < 4.78 is 11.2. The molecule has 1 N–H and O–H groups in total. The van der Waals surface area contributed by atoms with Crippen LogP contribution in [0.15, 0.2) is 18.2 Å². The van der Waals surface area contributed by atoms with E-state index >= 15 is 0 Å². The Kier molecular flexibility index (Phi) is 5.54. The fourth-order valence-electron chi connectivity index (χ4n) is 1.35. The van der Waals surface area contributed by atoms with Gasteiger partial charge in [0.2, 0.25) is 0 Å². The molecule has 0 aliphatic carbocycles. The Balaban J connectivity index is 2.71. The van der Waals surface area contributed by atoms with Crippen molar-refractivity contribution in [2.75, 3.05) is 25.6 Å². The van der Waals surface area contributed by atoms with Crippen LogP contribution in [0.1, 0.15) is 26.7 Å². The van der Waals surface area contributed by atoms with E-state index < -0.39 is 0 Å². The van der Waals surface area contributed by atoms with Crippen LogP contribution in [0.5, 0.6) is 11.5 Å². The van der Waals surface area contributed by atoms with Gasteiger partial charge < -0.3 is 14.8 Å². The summed E-state index contributed by atoms with van der Waals surface area (Å²) in [6.45, 7) is 5.68. The van der Waals surface area contributed by atoms with E-state index in [1.54, 1.807) is 0 Å². The molecule has 0 radical (unpaired) electrons. The van der Waals surface area contributed by atoms with Crippen LogP contribution < -0.4 is 14.8 Å². The summed E-state index contributed by atoms with van der Waals surface area (Å²) >= 11 is 0. The molecule has 0 atom stereocenters. The second-order valence-electron chi connectivity index (χ2n) is 3.60. The molecule has 1 rings (SSSR count). The first-order valence-corrected chi connectivity index (χ1v) is 5.89. The third-order valence-corrected chi connectivity index (χ3v) is 2.15. The molecule has 0 saturated carbocycles. The van der Waals surface area contributed by atoms with E-state index in [1.165, 1.54) is 0 Å². The highest BCUT2D eigenvalue weighted by atomic mass is 16.5. The van der Waals surface area contributed by atoms with Gasteiger partial charge in [0, 0.05) is 13.1 Å². The second kappa shape index (κ2) is 6.99. The van der Waals surface area contributed by atoms with Crippen molar-refractivity contribution >= 4 is 5.69 Å². The maximum atomic E-state index is 5.62. The predicted molar refractivity (Wildman–Crippen MR) is 67.6 cm³/mol. The molecule has 0 unspecified atom stereocenters. The summed E-state index contributed by atoms with van der Waals surface area (Å²) in [6.07, 6.45) is 2.03. The molecule has 0 aliphatic heterocycles. The summed E-state index contributed by atoms with van der Waals surface area (Å²) in [5.41, 5.74) is 0.974. The lowest BCUT2D eigenvalue weighted by atomic mass is 10.2. The maximum absolute atomic E-state index is 5.62. The van der Waals surface area contributed by atoms with Crippen molar-refractivity contribution in [3.63, 3.8) is 0 Å². The molecule has 0 amide bonds. The molecule has 0 heterocycles.